The highest BCUT2D eigenvalue weighted by Crippen LogP contribution is 2.22. The minimum atomic E-state index is 1.22. The molecule has 0 saturated heterocycles. The molecular formula is C25H35. The quantitative estimate of drug-likeness (QED) is 0.356. The van der Waals surface area contributed by atoms with Gasteiger partial charge in [0.1, 0.15) is 0 Å². The van der Waals surface area contributed by atoms with Crippen LogP contribution in [0, 0.1) is 6.42 Å². The predicted octanol–water partition coefficient (Wildman–Crippen LogP) is 7.34. The molecule has 0 saturated carbocycles. The SMILES string of the molecule is CCCc1cccc([CH]CCCCCCc2ccccc2)c1CCC. The average molecular weight is 336 g/mol. The van der Waals surface area contributed by atoms with E-state index < -0.39 is 0 Å². The van der Waals surface area contributed by atoms with Gasteiger partial charge in [0, 0.05) is 0 Å². The molecule has 0 unspecified atom stereocenters. The molecule has 0 N–H and O–H groups in total. The van der Waals surface area contributed by atoms with Gasteiger partial charge in [0.15, 0.2) is 0 Å². The molecule has 2 aromatic rings. The van der Waals surface area contributed by atoms with Crippen molar-refractivity contribution in [2.24, 2.45) is 0 Å². The molecule has 0 aliphatic rings. The molecule has 0 aromatic heterocycles. The maximum absolute atomic E-state index is 2.49. The molecule has 0 atom stereocenters. The van der Waals surface area contributed by atoms with Crippen LogP contribution in [0.2, 0.25) is 0 Å². The van der Waals surface area contributed by atoms with Gasteiger partial charge in [-0.3, -0.25) is 0 Å². The first-order chi connectivity index (χ1) is 12.3. The Bertz CT molecular complexity index is 582. The highest BCUT2D eigenvalue weighted by molar-refractivity contribution is 5.39. The van der Waals surface area contributed by atoms with Crippen LogP contribution in [0.4, 0.5) is 0 Å². The fraction of sp³-hybridized carbons (Fsp3) is 0.480. The summed E-state index contributed by atoms with van der Waals surface area (Å²) in [5.74, 6) is 0. The van der Waals surface area contributed by atoms with E-state index in [9.17, 15) is 0 Å². The van der Waals surface area contributed by atoms with Crippen LogP contribution in [-0.4, -0.2) is 0 Å². The summed E-state index contributed by atoms with van der Waals surface area (Å²) in [4.78, 5) is 0. The summed E-state index contributed by atoms with van der Waals surface area (Å²) in [5, 5.41) is 0. The van der Waals surface area contributed by atoms with Crippen molar-refractivity contribution < 1.29 is 0 Å². The fourth-order valence-electron chi connectivity index (χ4n) is 3.63. The summed E-state index contributed by atoms with van der Waals surface area (Å²) >= 11 is 0. The molecule has 2 aromatic carbocycles. The zero-order valence-electron chi connectivity index (χ0n) is 16.3. The van der Waals surface area contributed by atoms with Crippen molar-refractivity contribution in [3.05, 3.63) is 77.2 Å². The van der Waals surface area contributed by atoms with Crippen LogP contribution in [-0.2, 0) is 19.3 Å². The maximum Gasteiger partial charge on any atom is -0.00902 e. The Morgan fingerprint density at radius 2 is 1.44 bits per heavy atom. The molecule has 0 heteroatoms. The first-order valence-corrected chi connectivity index (χ1v) is 10.3. The lowest BCUT2D eigenvalue weighted by Gasteiger charge is -2.14. The second kappa shape index (κ2) is 11.9. The van der Waals surface area contributed by atoms with E-state index in [1.54, 1.807) is 11.1 Å². The van der Waals surface area contributed by atoms with E-state index in [4.69, 9.17) is 0 Å². The number of benzene rings is 2. The Balaban J connectivity index is 1.69. The van der Waals surface area contributed by atoms with Gasteiger partial charge in [-0.1, -0.05) is 94.5 Å². The van der Waals surface area contributed by atoms with E-state index in [1.165, 1.54) is 75.3 Å². The molecule has 135 valence electrons. The summed E-state index contributed by atoms with van der Waals surface area (Å²) in [6.45, 7) is 4.57. The van der Waals surface area contributed by atoms with Gasteiger partial charge in [-0.05, 0) is 60.8 Å². The van der Waals surface area contributed by atoms with Crippen molar-refractivity contribution in [2.45, 2.75) is 78.1 Å². The van der Waals surface area contributed by atoms with Crippen LogP contribution in [0.5, 0.6) is 0 Å². The van der Waals surface area contributed by atoms with Crippen LogP contribution in [0.3, 0.4) is 0 Å². The Hall–Kier alpha value is -1.56. The minimum Gasteiger partial charge on any atom is -0.0651 e. The molecule has 0 spiro atoms. The van der Waals surface area contributed by atoms with Crippen LogP contribution in [0.1, 0.15) is 81.0 Å². The molecule has 0 nitrogen and oxygen atoms in total. The van der Waals surface area contributed by atoms with Crippen LogP contribution < -0.4 is 0 Å². The van der Waals surface area contributed by atoms with Crippen LogP contribution in [0.25, 0.3) is 0 Å². The number of rotatable bonds is 12. The van der Waals surface area contributed by atoms with Gasteiger partial charge in [0.05, 0.1) is 0 Å². The monoisotopic (exact) mass is 335 g/mol. The second-order valence-corrected chi connectivity index (χ2v) is 7.13. The van der Waals surface area contributed by atoms with Crippen LogP contribution >= 0.6 is 0 Å². The smallest absolute Gasteiger partial charge is 0.00902 e. The van der Waals surface area contributed by atoms with Crippen molar-refractivity contribution in [1.29, 1.82) is 0 Å². The summed E-state index contributed by atoms with van der Waals surface area (Å²) < 4.78 is 0. The largest absolute Gasteiger partial charge is 0.0651 e. The lowest BCUT2D eigenvalue weighted by atomic mass is 9.91. The molecule has 2 rings (SSSR count). The van der Waals surface area contributed by atoms with Crippen LogP contribution in [0.15, 0.2) is 48.5 Å². The third-order valence-electron chi connectivity index (χ3n) is 4.96. The minimum absolute atomic E-state index is 1.22. The van der Waals surface area contributed by atoms with Gasteiger partial charge in [-0.2, -0.15) is 0 Å². The zero-order chi connectivity index (χ0) is 17.7. The number of aryl methyl sites for hydroxylation is 2. The number of hydrogen-bond donors (Lipinski definition) is 0. The number of unbranched alkanes of at least 4 members (excludes halogenated alkanes) is 4. The second-order valence-electron chi connectivity index (χ2n) is 7.13. The molecule has 0 fully saturated rings. The van der Waals surface area contributed by atoms with Crippen molar-refractivity contribution in [1.82, 2.24) is 0 Å². The van der Waals surface area contributed by atoms with E-state index in [2.05, 4.69) is 68.8 Å². The van der Waals surface area contributed by atoms with Gasteiger partial charge in [-0.25, -0.2) is 0 Å². The van der Waals surface area contributed by atoms with E-state index >= 15 is 0 Å². The van der Waals surface area contributed by atoms with Crippen molar-refractivity contribution in [3.63, 3.8) is 0 Å². The maximum atomic E-state index is 2.49. The topological polar surface area (TPSA) is 0 Å². The molecule has 0 amide bonds. The normalized spacial score (nSPS) is 11.0. The van der Waals surface area contributed by atoms with E-state index in [1.807, 2.05) is 0 Å². The molecule has 1 radical (unpaired) electrons. The van der Waals surface area contributed by atoms with Gasteiger partial charge in [-0.15, -0.1) is 0 Å². The molecule has 0 bridgehead atoms. The van der Waals surface area contributed by atoms with Gasteiger partial charge < -0.3 is 0 Å². The molecule has 0 heterocycles. The standard InChI is InChI=1S/C25H35/c1-3-14-23-20-13-21-24(25(23)15-4-2)19-12-7-5-6-9-16-22-17-10-8-11-18-22/h8,10-11,13,17-21H,3-7,9,12,14-16H2,1-2H3. The van der Waals surface area contributed by atoms with E-state index in [-0.39, 0.29) is 0 Å². The third-order valence-corrected chi connectivity index (χ3v) is 4.96. The molecule has 0 aliphatic carbocycles. The summed E-state index contributed by atoms with van der Waals surface area (Å²) in [6, 6.07) is 17.8. The first kappa shape index (κ1) is 19.8. The molecular weight excluding hydrogens is 300 g/mol. The summed E-state index contributed by atoms with van der Waals surface area (Å²) in [5.41, 5.74) is 6.15. The van der Waals surface area contributed by atoms with E-state index in [0.29, 0.717) is 0 Å². The highest BCUT2D eigenvalue weighted by atomic mass is 14.1. The van der Waals surface area contributed by atoms with Crippen molar-refractivity contribution in [3.8, 4) is 0 Å². The third kappa shape index (κ3) is 7.06. The average Bonchev–Trinajstić information content (AvgIpc) is 2.64. The Kier molecular flexibility index (Phi) is 9.41. The van der Waals surface area contributed by atoms with Gasteiger partial charge >= 0.3 is 0 Å². The first-order valence-electron chi connectivity index (χ1n) is 10.3. The Morgan fingerprint density at radius 3 is 2.20 bits per heavy atom. The lowest BCUT2D eigenvalue weighted by Crippen LogP contribution is -1.99. The van der Waals surface area contributed by atoms with Crippen molar-refractivity contribution >= 4 is 0 Å². The summed E-state index contributed by atoms with van der Waals surface area (Å²) in [7, 11) is 0. The lowest BCUT2D eigenvalue weighted by molar-refractivity contribution is 0.639. The zero-order valence-corrected chi connectivity index (χ0v) is 16.3. The highest BCUT2D eigenvalue weighted by Gasteiger charge is 2.07. The Labute approximate surface area is 155 Å². The van der Waals surface area contributed by atoms with Crippen molar-refractivity contribution in [2.75, 3.05) is 0 Å². The van der Waals surface area contributed by atoms with Gasteiger partial charge in [0.25, 0.3) is 0 Å². The summed E-state index contributed by atoms with van der Waals surface area (Å²) in [6.07, 6.45) is 15.2. The van der Waals surface area contributed by atoms with Gasteiger partial charge in [0.2, 0.25) is 0 Å². The molecule has 0 aliphatic heterocycles. The fourth-order valence-corrected chi connectivity index (χ4v) is 3.63. The number of hydrogen-bond acceptors (Lipinski definition) is 0. The Morgan fingerprint density at radius 1 is 0.680 bits per heavy atom. The van der Waals surface area contributed by atoms with E-state index in [0.717, 1.165) is 0 Å². The predicted molar refractivity (Wildman–Crippen MR) is 111 cm³/mol. The molecule has 25 heavy (non-hydrogen) atoms.